The van der Waals surface area contributed by atoms with Crippen LogP contribution < -0.4 is 0 Å². The first-order valence-corrected chi connectivity index (χ1v) is 9.49. The predicted molar refractivity (Wildman–Crippen MR) is 95.4 cm³/mol. The fourth-order valence-electron chi connectivity index (χ4n) is 2.84. The van der Waals surface area contributed by atoms with Gasteiger partial charge in [-0.1, -0.05) is 26.0 Å². The van der Waals surface area contributed by atoms with Gasteiger partial charge in [0.25, 0.3) is 0 Å². The average Bonchev–Trinajstić information content (AvgIpc) is 2.94. The van der Waals surface area contributed by atoms with E-state index in [-0.39, 0.29) is 23.1 Å². The minimum Gasteiger partial charge on any atom is -0.345 e. The summed E-state index contributed by atoms with van der Waals surface area (Å²) in [6.07, 6.45) is -3.75. The molecule has 0 spiro atoms. The van der Waals surface area contributed by atoms with E-state index in [1.807, 2.05) is 13.8 Å². The number of carbonyl (C=O) groups is 2. The number of thioether (sulfide) groups is 1. The van der Waals surface area contributed by atoms with Crippen molar-refractivity contribution in [1.29, 1.82) is 0 Å². The second kappa shape index (κ2) is 8.33. The molecule has 2 amide bonds. The van der Waals surface area contributed by atoms with Crippen molar-refractivity contribution in [3.8, 4) is 0 Å². The highest BCUT2D eigenvalue weighted by Gasteiger charge is 2.34. The molecule has 1 aliphatic rings. The Morgan fingerprint density at radius 1 is 1.31 bits per heavy atom. The molecule has 0 bridgehead atoms. The van der Waals surface area contributed by atoms with E-state index in [1.54, 1.807) is 16.8 Å². The lowest BCUT2D eigenvalue weighted by Crippen LogP contribution is -2.35. The molecule has 0 aromatic heterocycles. The van der Waals surface area contributed by atoms with Gasteiger partial charge in [-0.25, -0.2) is 0 Å². The van der Waals surface area contributed by atoms with Crippen LogP contribution in [0.3, 0.4) is 0 Å². The van der Waals surface area contributed by atoms with Crippen LogP contribution in [-0.4, -0.2) is 47.5 Å². The zero-order chi connectivity index (χ0) is 19.5. The van der Waals surface area contributed by atoms with Crippen LogP contribution in [0.1, 0.15) is 36.8 Å². The molecule has 0 N–H and O–H groups in total. The number of carbonyl (C=O) groups excluding carboxylic acids is 2. The summed E-state index contributed by atoms with van der Waals surface area (Å²) < 4.78 is 38.1. The molecule has 2 rings (SSSR count). The standard InChI is InChI=1S/C18H23F3N2O2S/c1-12(2)16(25)22(3)9-4-10-23-15(24)11-26-17(23)13-5-7-14(8-6-13)18(19,20)21/h5-8,12,17H,4,9-11H2,1-3H3. The third-order valence-electron chi connectivity index (χ3n) is 4.25. The lowest BCUT2D eigenvalue weighted by Gasteiger charge is -2.26. The van der Waals surface area contributed by atoms with E-state index in [9.17, 15) is 22.8 Å². The topological polar surface area (TPSA) is 40.6 Å². The van der Waals surface area contributed by atoms with Gasteiger partial charge in [0.2, 0.25) is 11.8 Å². The van der Waals surface area contributed by atoms with E-state index in [0.29, 0.717) is 30.8 Å². The molecule has 4 nitrogen and oxygen atoms in total. The van der Waals surface area contributed by atoms with Crippen molar-refractivity contribution in [1.82, 2.24) is 9.80 Å². The number of amides is 2. The first-order chi connectivity index (χ1) is 12.1. The summed E-state index contributed by atoms with van der Waals surface area (Å²) in [7, 11) is 1.73. The van der Waals surface area contributed by atoms with Gasteiger partial charge < -0.3 is 9.80 Å². The number of hydrogen-bond acceptors (Lipinski definition) is 3. The van der Waals surface area contributed by atoms with Crippen molar-refractivity contribution >= 4 is 23.6 Å². The van der Waals surface area contributed by atoms with Crippen molar-refractivity contribution in [2.75, 3.05) is 25.9 Å². The van der Waals surface area contributed by atoms with Crippen LogP contribution in [0.2, 0.25) is 0 Å². The van der Waals surface area contributed by atoms with Gasteiger partial charge in [-0.05, 0) is 24.1 Å². The molecular weight excluding hydrogens is 365 g/mol. The van der Waals surface area contributed by atoms with E-state index < -0.39 is 11.7 Å². The van der Waals surface area contributed by atoms with Crippen LogP contribution in [0.25, 0.3) is 0 Å². The van der Waals surface area contributed by atoms with Crippen LogP contribution in [0.4, 0.5) is 13.2 Å². The van der Waals surface area contributed by atoms with E-state index >= 15 is 0 Å². The Balaban J connectivity index is 1.99. The minimum absolute atomic E-state index is 0.0299. The Morgan fingerprint density at radius 2 is 1.92 bits per heavy atom. The van der Waals surface area contributed by atoms with E-state index in [4.69, 9.17) is 0 Å². The number of halogens is 3. The maximum absolute atomic E-state index is 12.7. The minimum atomic E-state index is -4.37. The van der Waals surface area contributed by atoms with Gasteiger partial charge in [0.1, 0.15) is 5.37 Å². The van der Waals surface area contributed by atoms with Gasteiger partial charge in [0, 0.05) is 26.1 Å². The highest BCUT2D eigenvalue weighted by molar-refractivity contribution is 8.00. The van der Waals surface area contributed by atoms with Gasteiger partial charge in [-0.3, -0.25) is 9.59 Å². The maximum Gasteiger partial charge on any atom is 0.416 e. The van der Waals surface area contributed by atoms with E-state index in [1.165, 1.54) is 23.9 Å². The molecule has 8 heteroatoms. The van der Waals surface area contributed by atoms with Crippen LogP contribution in [0, 0.1) is 5.92 Å². The predicted octanol–water partition coefficient (Wildman–Crippen LogP) is 3.78. The summed E-state index contributed by atoms with van der Waals surface area (Å²) >= 11 is 1.41. The fraction of sp³-hybridized carbons (Fsp3) is 0.556. The zero-order valence-corrected chi connectivity index (χ0v) is 15.9. The maximum atomic E-state index is 12.7. The molecule has 1 saturated heterocycles. The molecule has 1 atom stereocenters. The van der Waals surface area contributed by atoms with E-state index in [2.05, 4.69) is 0 Å². The first-order valence-electron chi connectivity index (χ1n) is 8.44. The number of hydrogen-bond donors (Lipinski definition) is 0. The molecule has 0 radical (unpaired) electrons. The smallest absolute Gasteiger partial charge is 0.345 e. The first kappa shape index (κ1) is 20.6. The van der Waals surface area contributed by atoms with Crippen molar-refractivity contribution in [3.05, 3.63) is 35.4 Å². The van der Waals surface area contributed by atoms with Gasteiger partial charge in [0.15, 0.2) is 0 Å². The largest absolute Gasteiger partial charge is 0.416 e. The molecule has 1 fully saturated rings. The Bertz CT molecular complexity index is 647. The van der Waals surface area contributed by atoms with Crippen LogP contribution >= 0.6 is 11.8 Å². The average molecular weight is 388 g/mol. The summed E-state index contributed by atoms with van der Waals surface area (Å²) in [5, 5.41) is -0.282. The molecule has 144 valence electrons. The monoisotopic (exact) mass is 388 g/mol. The Kier molecular flexibility index (Phi) is 6.60. The zero-order valence-electron chi connectivity index (χ0n) is 15.0. The number of rotatable bonds is 6. The quantitative estimate of drug-likeness (QED) is 0.745. The van der Waals surface area contributed by atoms with Crippen molar-refractivity contribution in [2.24, 2.45) is 5.92 Å². The normalized spacial score (nSPS) is 17.9. The molecule has 26 heavy (non-hydrogen) atoms. The summed E-state index contributed by atoms with van der Waals surface area (Å²) in [5.41, 5.74) is -0.0172. The lowest BCUT2D eigenvalue weighted by atomic mass is 10.1. The van der Waals surface area contributed by atoms with Crippen LogP contribution in [0.5, 0.6) is 0 Å². The molecular formula is C18H23F3N2O2S. The van der Waals surface area contributed by atoms with Crippen molar-refractivity contribution in [3.63, 3.8) is 0 Å². The van der Waals surface area contributed by atoms with Crippen molar-refractivity contribution < 1.29 is 22.8 Å². The van der Waals surface area contributed by atoms with Gasteiger partial charge in [0.05, 0.1) is 11.3 Å². The highest BCUT2D eigenvalue weighted by Crippen LogP contribution is 2.39. The Morgan fingerprint density at radius 3 is 2.46 bits per heavy atom. The lowest BCUT2D eigenvalue weighted by molar-refractivity contribution is -0.137. The highest BCUT2D eigenvalue weighted by atomic mass is 32.2. The SMILES string of the molecule is CC(C)C(=O)N(C)CCCN1C(=O)CSC1c1ccc(C(F)(F)F)cc1. The third kappa shape index (κ3) is 4.93. The van der Waals surface area contributed by atoms with Gasteiger partial charge in [-0.15, -0.1) is 11.8 Å². The number of alkyl halides is 3. The van der Waals surface area contributed by atoms with Crippen LogP contribution in [0.15, 0.2) is 24.3 Å². The van der Waals surface area contributed by atoms with Crippen LogP contribution in [-0.2, 0) is 15.8 Å². The molecule has 1 aliphatic heterocycles. The molecule has 1 aromatic rings. The van der Waals surface area contributed by atoms with E-state index in [0.717, 1.165) is 12.1 Å². The molecule has 1 heterocycles. The van der Waals surface area contributed by atoms with Gasteiger partial charge >= 0.3 is 6.18 Å². The summed E-state index contributed by atoms with van der Waals surface area (Å²) in [6, 6.07) is 4.96. The Hall–Kier alpha value is -1.70. The molecule has 0 saturated carbocycles. The molecule has 1 unspecified atom stereocenters. The molecule has 0 aliphatic carbocycles. The second-order valence-corrected chi connectivity index (χ2v) is 7.71. The number of nitrogens with zero attached hydrogens (tertiary/aromatic N) is 2. The van der Waals surface area contributed by atoms with Crippen molar-refractivity contribution in [2.45, 2.75) is 31.8 Å². The summed E-state index contributed by atoms with van der Waals surface area (Å²) in [4.78, 5) is 27.4. The third-order valence-corrected chi connectivity index (χ3v) is 5.51. The Labute approximate surface area is 155 Å². The number of benzene rings is 1. The second-order valence-electron chi connectivity index (χ2n) is 6.64. The molecule has 1 aromatic carbocycles. The summed E-state index contributed by atoms with van der Waals surface area (Å²) in [6.45, 7) is 4.67. The fourth-order valence-corrected chi connectivity index (χ4v) is 4.06. The van der Waals surface area contributed by atoms with Gasteiger partial charge in [-0.2, -0.15) is 13.2 Å². The summed E-state index contributed by atoms with van der Waals surface area (Å²) in [5.74, 6) is 0.250.